The second-order valence-corrected chi connectivity index (χ2v) is 6.35. The second-order valence-electron chi connectivity index (χ2n) is 6.35. The highest BCUT2D eigenvalue weighted by Crippen LogP contribution is 2.36. The van der Waals surface area contributed by atoms with Crippen LogP contribution < -0.4 is 0 Å². The molecule has 1 saturated carbocycles. The molecule has 1 heteroatoms. The smallest absolute Gasteiger partial charge is 0.167 e. The zero-order valence-electron chi connectivity index (χ0n) is 12.9. The first-order chi connectivity index (χ1) is 10.1. The Kier molecular flexibility index (Phi) is 3.92. The van der Waals surface area contributed by atoms with Crippen molar-refractivity contribution < 1.29 is 4.79 Å². The van der Waals surface area contributed by atoms with E-state index in [0.29, 0.717) is 6.42 Å². The lowest BCUT2D eigenvalue weighted by atomic mass is 9.80. The minimum absolute atomic E-state index is 0.208. The fraction of sp³-hybridized carbons (Fsp3) is 0.350. The quantitative estimate of drug-likeness (QED) is 0.719. The molecule has 21 heavy (non-hydrogen) atoms. The molecule has 1 nitrogen and oxygen atoms in total. The molecule has 0 N–H and O–H groups in total. The van der Waals surface area contributed by atoms with Gasteiger partial charge in [-0.05, 0) is 43.7 Å². The largest absolute Gasteiger partial charge is 0.294 e. The van der Waals surface area contributed by atoms with Crippen LogP contribution in [0, 0.1) is 13.8 Å². The molecule has 0 saturated heterocycles. The molecule has 0 unspecified atom stereocenters. The first kappa shape index (κ1) is 14.1. The van der Waals surface area contributed by atoms with E-state index >= 15 is 0 Å². The maximum absolute atomic E-state index is 12.4. The topological polar surface area (TPSA) is 17.1 Å². The van der Waals surface area contributed by atoms with Crippen molar-refractivity contribution in [3.63, 3.8) is 0 Å². The number of carbonyl (C=O) groups is 1. The van der Waals surface area contributed by atoms with Gasteiger partial charge in [-0.2, -0.15) is 0 Å². The van der Waals surface area contributed by atoms with Gasteiger partial charge in [0.2, 0.25) is 0 Å². The average molecular weight is 278 g/mol. The van der Waals surface area contributed by atoms with Gasteiger partial charge in [0.05, 0.1) is 0 Å². The van der Waals surface area contributed by atoms with E-state index in [2.05, 4.69) is 44.2 Å². The summed E-state index contributed by atoms with van der Waals surface area (Å²) in [6.07, 6.45) is 4.44. The zero-order valence-corrected chi connectivity index (χ0v) is 12.9. The van der Waals surface area contributed by atoms with Crippen LogP contribution in [0.3, 0.4) is 0 Å². The number of hydrogen-bond acceptors (Lipinski definition) is 1. The summed E-state index contributed by atoms with van der Waals surface area (Å²) in [6, 6.07) is 14.6. The lowest BCUT2D eigenvalue weighted by Gasteiger charge is -2.25. The van der Waals surface area contributed by atoms with Crippen LogP contribution >= 0.6 is 0 Å². The van der Waals surface area contributed by atoms with Gasteiger partial charge in [0.1, 0.15) is 0 Å². The number of Topliss-reactive ketones (excluding diaryl/α,β-unsaturated/α-hetero) is 1. The molecule has 0 aliphatic heterocycles. The molecule has 0 amide bonds. The molecular formula is C20H22O. The third-order valence-electron chi connectivity index (χ3n) is 4.46. The fourth-order valence-corrected chi connectivity index (χ4v) is 3.14. The maximum Gasteiger partial charge on any atom is 0.167 e. The molecule has 2 aromatic carbocycles. The monoisotopic (exact) mass is 278 g/mol. The number of aryl methyl sites for hydroxylation is 2. The van der Waals surface area contributed by atoms with Crippen LogP contribution in [-0.4, -0.2) is 5.78 Å². The molecule has 1 aliphatic carbocycles. The summed E-state index contributed by atoms with van der Waals surface area (Å²) in [5.74, 6) is 0.939. The zero-order chi connectivity index (χ0) is 14.8. The third kappa shape index (κ3) is 3.24. The van der Waals surface area contributed by atoms with E-state index in [1.807, 2.05) is 12.1 Å². The molecule has 0 radical (unpaired) electrons. The van der Waals surface area contributed by atoms with E-state index in [-0.39, 0.29) is 5.78 Å². The van der Waals surface area contributed by atoms with Crippen molar-refractivity contribution in [1.29, 1.82) is 0 Å². The molecule has 0 aromatic heterocycles. The highest BCUT2D eigenvalue weighted by atomic mass is 16.1. The first-order valence-electron chi connectivity index (χ1n) is 7.82. The SMILES string of the molecule is Cc1cc(C)cc(CC(=O)c2ccc(C3CCC3)cc2)c1. The Hall–Kier alpha value is -1.89. The van der Waals surface area contributed by atoms with E-state index in [0.717, 1.165) is 17.0 Å². The molecule has 1 fully saturated rings. The molecule has 2 aromatic rings. The predicted octanol–water partition coefficient (Wildman–Crippen LogP) is 5.00. The molecule has 0 spiro atoms. The maximum atomic E-state index is 12.4. The Morgan fingerprint density at radius 2 is 1.62 bits per heavy atom. The molecule has 0 heterocycles. The number of carbonyl (C=O) groups excluding carboxylic acids is 1. The van der Waals surface area contributed by atoms with E-state index in [1.165, 1.54) is 36.0 Å². The lowest BCUT2D eigenvalue weighted by molar-refractivity contribution is 0.0993. The van der Waals surface area contributed by atoms with Gasteiger partial charge >= 0.3 is 0 Å². The van der Waals surface area contributed by atoms with Crippen LogP contribution in [-0.2, 0) is 6.42 Å². The van der Waals surface area contributed by atoms with Gasteiger partial charge in [-0.15, -0.1) is 0 Å². The highest BCUT2D eigenvalue weighted by molar-refractivity contribution is 5.97. The van der Waals surface area contributed by atoms with Gasteiger partial charge in [-0.3, -0.25) is 4.79 Å². The number of ketones is 1. The Labute approximate surface area is 127 Å². The number of hydrogen-bond donors (Lipinski definition) is 0. The van der Waals surface area contributed by atoms with Gasteiger partial charge in [-0.25, -0.2) is 0 Å². The van der Waals surface area contributed by atoms with Crippen LogP contribution in [0.5, 0.6) is 0 Å². The van der Waals surface area contributed by atoms with Gasteiger partial charge < -0.3 is 0 Å². The van der Waals surface area contributed by atoms with Gasteiger partial charge in [-0.1, -0.05) is 60.0 Å². The van der Waals surface area contributed by atoms with Gasteiger partial charge in [0.25, 0.3) is 0 Å². The molecule has 0 bridgehead atoms. The summed E-state index contributed by atoms with van der Waals surface area (Å²) in [7, 11) is 0. The first-order valence-corrected chi connectivity index (χ1v) is 7.82. The Morgan fingerprint density at radius 3 is 2.14 bits per heavy atom. The van der Waals surface area contributed by atoms with Crippen molar-refractivity contribution >= 4 is 5.78 Å². The van der Waals surface area contributed by atoms with E-state index in [9.17, 15) is 4.79 Å². The Balaban J connectivity index is 1.72. The third-order valence-corrected chi connectivity index (χ3v) is 4.46. The summed E-state index contributed by atoms with van der Waals surface area (Å²) in [6.45, 7) is 4.16. The normalized spacial score (nSPS) is 14.8. The molecule has 1 aliphatic rings. The van der Waals surface area contributed by atoms with Crippen molar-refractivity contribution in [3.8, 4) is 0 Å². The molecular weight excluding hydrogens is 256 g/mol. The summed E-state index contributed by atoms with van der Waals surface area (Å²) in [4.78, 5) is 12.4. The summed E-state index contributed by atoms with van der Waals surface area (Å²) >= 11 is 0. The predicted molar refractivity (Wildman–Crippen MR) is 87.0 cm³/mol. The Bertz CT molecular complexity index is 628. The van der Waals surface area contributed by atoms with Crippen LogP contribution in [0.1, 0.15) is 57.8 Å². The number of rotatable bonds is 4. The average Bonchev–Trinajstić information content (AvgIpc) is 2.36. The van der Waals surface area contributed by atoms with Crippen molar-refractivity contribution in [2.24, 2.45) is 0 Å². The Morgan fingerprint density at radius 1 is 1.00 bits per heavy atom. The second kappa shape index (κ2) is 5.85. The fourth-order valence-electron chi connectivity index (χ4n) is 3.14. The van der Waals surface area contributed by atoms with Gasteiger partial charge in [0.15, 0.2) is 5.78 Å². The molecule has 0 atom stereocenters. The van der Waals surface area contributed by atoms with Crippen molar-refractivity contribution in [2.75, 3.05) is 0 Å². The molecule has 108 valence electrons. The van der Waals surface area contributed by atoms with Crippen molar-refractivity contribution in [1.82, 2.24) is 0 Å². The minimum atomic E-state index is 0.208. The van der Waals surface area contributed by atoms with Crippen LogP contribution in [0.2, 0.25) is 0 Å². The van der Waals surface area contributed by atoms with Crippen molar-refractivity contribution in [3.05, 3.63) is 70.3 Å². The van der Waals surface area contributed by atoms with Crippen LogP contribution in [0.4, 0.5) is 0 Å². The standard InChI is InChI=1S/C20H22O/c1-14-10-15(2)12-16(11-14)13-20(21)19-8-6-18(7-9-19)17-4-3-5-17/h6-12,17H,3-5,13H2,1-2H3. The molecule has 3 rings (SSSR count). The summed E-state index contributed by atoms with van der Waals surface area (Å²) in [5, 5.41) is 0. The number of benzene rings is 2. The van der Waals surface area contributed by atoms with E-state index < -0.39 is 0 Å². The lowest BCUT2D eigenvalue weighted by Crippen LogP contribution is -2.09. The summed E-state index contributed by atoms with van der Waals surface area (Å²) in [5.41, 5.74) is 5.78. The van der Waals surface area contributed by atoms with E-state index in [4.69, 9.17) is 0 Å². The van der Waals surface area contributed by atoms with E-state index in [1.54, 1.807) is 0 Å². The van der Waals surface area contributed by atoms with Gasteiger partial charge in [0, 0.05) is 12.0 Å². The van der Waals surface area contributed by atoms with Crippen LogP contribution in [0.15, 0.2) is 42.5 Å². The summed E-state index contributed by atoms with van der Waals surface area (Å²) < 4.78 is 0. The minimum Gasteiger partial charge on any atom is -0.294 e. The van der Waals surface area contributed by atoms with Crippen LogP contribution in [0.25, 0.3) is 0 Å². The van der Waals surface area contributed by atoms with Crippen molar-refractivity contribution in [2.45, 2.75) is 45.4 Å². The highest BCUT2D eigenvalue weighted by Gasteiger charge is 2.19.